The summed E-state index contributed by atoms with van der Waals surface area (Å²) in [7, 11) is 1.42. The first kappa shape index (κ1) is 17.3. The van der Waals surface area contributed by atoms with Gasteiger partial charge in [0, 0.05) is 0 Å². The van der Waals surface area contributed by atoms with Crippen LogP contribution in [0.3, 0.4) is 0 Å². The van der Waals surface area contributed by atoms with Gasteiger partial charge in [-0.1, -0.05) is 57.9 Å². The topological polar surface area (TPSA) is 26.3 Å². The van der Waals surface area contributed by atoms with Gasteiger partial charge in [0.1, 0.15) is 0 Å². The van der Waals surface area contributed by atoms with E-state index in [0.29, 0.717) is 6.42 Å². The minimum Gasteiger partial charge on any atom is -0.469 e. The molecule has 0 atom stereocenters. The minimum atomic E-state index is -0.147. The number of methoxy groups -OCH3 is 1. The van der Waals surface area contributed by atoms with Gasteiger partial charge < -0.3 is 4.74 Å². The Morgan fingerprint density at radius 1 is 1.38 bits per heavy atom. The molecule has 0 N–H and O–H groups in total. The van der Waals surface area contributed by atoms with Gasteiger partial charge in [-0.2, -0.15) is 0 Å². The van der Waals surface area contributed by atoms with E-state index in [4.69, 9.17) is 0 Å². The molecule has 0 aromatic carbocycles. The summed E-state index contributed by atoms with van der Waals surface area (Å²) in [6.07, 6.45) is 9.80. The van der Waals surface area contributed by atoms with Crippen molar-refractivity contribution in [3.63, 3.8) is 0 Å². The summed E-state index contributed by atoms with van der Waals surface area (Å²) in [4.78, 5) is 10.8. The van der Waals surface area contributed by atoms with Crippen LogP contribution in [0.5, 0.6) is 0 Å². The lowest BCUT2D eigenvalue weighted by Crippen LogP contribution is -2.02. The first-order chi connectivity index (χ1) is 7.74. The number of ether oxygens (including phenoxy) is 1. The molecule has 0 saturated heterocycles. The third-order valence-corrected chi connectivity index (χ3v) is 1.70. The molecule has 1 aliphatic carbocycles. The largest absolute Gasteiger partial charge is 0.469 e. The maximum absolute atomic E-state index is 10.8. The van der Waals surface area contributed by atoms with E-state index in [1.165, 1.54) is 19.1 Å². The van der Waals surface area contributed by atoms with Gasteiger partial charge >= 0.3 is 5.97 Å². The smallest absolute Gasteiger partial charge is 0.309 e. The maximum atomic E-state index is 10.8. The van der Waals surface area contributed by atoms with Crippen molar-refractivity contribution in [1.82, 2.24) is 0 Å². The highest BCUT2D eigenvalue weighted by atomic mass is 16.5. The average Bonchev–Trinajstić information content (AvgIpc) is 2.34. The second-order valence-corrected chi connectivity index (χ2v) is 3.25. The molecule has 1 aliphatic rings. The molecule has 0 radical (unpaired) electrons. The van der Waals surface area contributed by atoms with Gasteiger partial charge in [0.25, 0.3) is 0 Å². The Morgan fingerprint density at radius 2 is 1.94 bits per heavy atom. The molecule has 0 aromatic rings. The summed E-state index contributed by atoms with van der Waals surface area (Å²) in [5, 5.41) is 0. The maximum Gasteiger partial charge on any atom is 0.309 e. The quantitative estimate of drug-likeness (QED) is 0.657. The van der Waals surface area contributed by atoms with Crippen LogP contribution in [0.25, 0.3) is 0 Å². The van der Waals surface area contributed by atoms with Crippen LogP contribution in [-0.2, 0) is 9.53 Å². The SMILES string of the molecule is CC.CCC.COC(=O)CC1=CC=CCC1. The van der Waals surface area contributed by atoms with Crippen molar-refractivity contribution in [3.05, 3.63) is 23.8 Å². The number of hydrogen-bond donors (Lipinski definition) is 0. The molecule has 1 rings (SSSR count). The second-order valence-electron chi connectivity index (χ2n) is 3.25. The lowest BCUT2D eigenvalue weighted by Gasteiger charge is -2.06. The summed E-state index contributed by atoms with van der Waals surface area (Å²) in [5.41, 5.74) is 1.17. The zero-order valence-electron chi connectivity index (χ0n) is 11.4. The van der Waals surface area contributed by atoms with Crippen molar-refractivity contribution in [1.29, 1.82) is 0 Å². The van der Waals surface area contributed by atoms with E-state index in [0.717, 1.165) is 12.8 Å². The fourth-order valence-electron chi connectivity index (χ4n) is 1.06. The van der Waals surface area contributed by atoms with Gasteiger partial charge in [-0.15, -0.1) is 0 Å². The standard InChI is InChI=1S/C9H12O2.C3H8.C2H6/c1-11-9(10)7-8-5-3-2-4-6-8;1-3-2;1-2/h2-3,5H,4,6-7H2,1H3;3H2,1-2H3;1-2H3. The van der Waals surface area contributed by atoms with Crippen LogP contribution < -0.4 is 0 Å². The van der Waals surface area contributed by atoms with E-state index in [1.54, 1.807) is 0 Å². The Labute approximate surface area is 100 Å². The van der Waals surface area contributed by atoms with Gasteiger partial charge in [0.15, 0.2) is 0 Å². The van der Waals surface area contributed by atoms with Crippen LogP contribution in [0.2, 0.25) is 0 Å². The molecule has 2 heteroatoms. The number of carbonyl (C=O) groups excluding carboxylic acids is 1. The zero-order valence-corrected chi connectivity index (χ0v) is 11.4. The summed E-state index contributed by atoms with van der Waals surface area (Å²) in [6, 6.07) is 0. The van der Waals surface area contributed by atoms with Crippen LogP contribution in [0.1, 0.15) is 53.4 Å². The van der Waals surface area contributed by atoms with Gasteiger partial charge in [0.05, 0.1) is 13.5 Å². The van der Waals surface area contributed by atoms with Crippen LogP contribution in [-0.4, -0.2) is 13.1 Å². The summed E-state index contributed by atoms with van der Waals surface area (Å²) in [6.45, 7) is 8.25. The summed E-state index contributed by atoms with van der Waals surface area (Å²) < 4.78 is 4.55. The van der Waals surface area contributed by atoms with Gasteiger partial charge in [-0.05, 0) is 12.8 Å². The van der Waals surface area contributed by atoms with Crippen molar-refractivity contribution in [3.8, 4) is 0 Å². The molecule has 0 aliphatic heterocycles. The highest BCUT2D eigenvalue weighted by molar-refractivity contribution is 5.72. The third-order valence-electron chi connectivity index (χ3n) is 1.70. The molecule has 0 amide bonds. The fraction of sp³-hybridized carbons (Fsp3) is 0.643. The molecule has 0 fully saturated rings. The van der Waals surface area contributed by atoms with E-state index in [9.17, 15) is 4.79 Å². The first-order valence-corrected chi connectivity index (χ1v) is 6.15. The highest BCUT2D eigenvalue weighted by Crippen LogP contribution is 2.15. The van der Waals surface area contributed by atoms with Crippen molar-refractivity contribution < 1.29 is 9.53 Å². The van der Waals surface area contributed by atoms with Crippen molar-refractivity contribution in [2.45, 2.75) is 53.4 Å². The Bertz CT molecular complexity index is 215. The van der Waals surface area contributed by atoms with Crippen LogP contribution in [0.15, 0.2) is 23.8 Å². The minimum absolute atomic E-state index is 0.147. The van der Waals surface area contributed by atoms with Crippen LogP contribution in [0, 0.1) is 0 Å². The number of carbonyl (C=O) groups is 1. The molecule has 0 aromatic heterocycles. The lowest BCUT2D eigenvalue weighted by atomic mass is 10.0. The van der Waals surface area contributed by atoms with Gasteiger partial charge in [0.2, 0.25) is 0 Å². The third kappa shape index (κ3) is 11.0. The zero-order chi connectivity index (χ0) is 12.8. The monoisotopic (exact) mass is 226 g/mol. The number of allylic oxidation sites excluding steroid dienone is 3. The Hall–Kier alpha value is -1.05. The van der Waals surface area contributed by atoms with E-state index >= 15 is 0 Å². The Kier molecular flexibility index (Phi) is 15.1. The normalized spacial score (nSPS) is 12.4. The van der Waals surface area contributed by atoms with Crippen molar-refractivity contribution in [2.24, 2.45) is 0 Å². The van der Waals surface area contributed by atoms with Crippen molar-refractivity contribution in [2.75, 3.05) is 7.11 Å². The molecule has 0 saturated carbocycles. The molecule has 2 nitrogen and oxygen atoms in total. The first-order valence-electron chi connectivity index (χ1n) is 6.15. The molecule has 0 unspecified atom stereocenters. The van der Waals surface area contributed by atoms with E-state index in [-0.39, 0.29) is 5.97 Å². The Balaban J connectivity index is 0. The summed E-state index contributed by atoms with van der Waals surface area (Å²) >= 11 is 0. The van der Waals surface area contributed by atoms with Crippen molar-refractivity contribution >= 4 is 5.97 Å². The van der Waals surface area contributed by atoms with E-state index < -0.39 is 0 Å². The second kappa shape index (κ2) is 13.9. The van der Waals surface area contributed by atoms with E-state index in [1.807, 2.05) is 26.0 Å². The summed E-state index contributed by atoms with van der Waals surface area (Å²) in [5.74, 6) is -0.147. The van der Waals surface area contributed by atoms with Gasteiger partial charge in [-0.25, -0.2) is 0 Å². The molecular formula is C14H26O2. The molecule has 94 valence electrons. The number of esters is 1. The number of hydrogen-bond acceptors (Lipinski definition) is 2. The van der Waals surface area contributed by atoms with Gasteiger partial charge in [-0.3, -0.25) is 4.79 Å². The van der Waals surface area contributed by atoms with Crippen LogP contribution in [0.4, 0.5) is 0 Å². The number of rotatable bonds is 2. The predicted octanol–water partition coefficient (Wildman–Crippen LogP) is 4.27. The van der Waals surface area contributed by atoms with E-state index in [2.05, 4.69) is 24.7 Å². The fourth-order valence-corrected chi connectivity index (χ4v) is 1.06. The highest BCUT2D eigenvalue weighted by Gasteiger charge is 2.05. The van der Waals surface area contributed by atoms with Crippen LogP contribution >= 0.6 is 0 Å². The molecular weight excluding hydrogens is 200 g/mol. The Morgan fingerprint density at radius 3 is 2.31 bits per heavy atom. The predicted molar refractivity (Wildman–Crippen MR) is 70.4 cm³/mol. The molecule has 0 heterocycles. The average molecular weight is 226 g/mol. The lowest BCUT2D eigenvalue weighted by molar-refractivity contribution is -0.139. The molecule has 0 spiro atoms. The molecule has 16 heavy (non-hydrogen) atoms. The molecule has 0 bridgehead atoms.